The second-order valence-electron chi connectivity index (χ2n) is 3.40. The average Bonchev–Trinajstić information content (AvgIpc) is 2.25. The van der Waals surface area contributed by atoms with E-state index in [0.29, 0.717) is 5.69 Å². The molecular formula is C11H17N3O. The molecule has 1 heterocycles. The van der Waals surface area contributed by atoms with Gasteiger partial charge in [0, 0.05) is 12.7 Å². The molecule has 0 radical (unpaired) electrons. The Bertz CT molecular complexity index is 325. The van der Waals surface area contributed by atoms with Gasteiger partial charge >= 0.3 is 0 Å². The smallest absolute Gasteiger partial charge is 0.269 e. The normalized spacial score (nSPS) is 9.93. The van der Waals surface area contributed by atoms with E-state index < -0.39 is 5.91 Å². The second-order valence-corrected chi connectivity index (χ2v) is 3.40. The number of carbonyl (C=O) groups excluding carboxylic acids is 1. The molecule has 0 unspecified atom stereocenters. The van der Waals surface area contributed by atoms with Gasteiger partial charge in [0.05, 0.1) is 5.69 Å². The van der Waals surface area contributed by atoms with Gasteiger partial charge < -0.3 is 11.1 Å². The van der Waals surface area contributed by atoms with Crippen LogP contribution >= 0.6 is 0 Å². The molecule has 4 heteroatoms. The van der Waals surface area contributed by atoms with Gasteiger partial charge in [0.2, 0.25) is 0 Å². The van der Waals surface area contributed by atoms with Crippen molar-refractivity contribution < 1.29 is 4.79 Å². The van der Waals surface area contributed by atoms with E-state index in [1.807, 2.05) is 6.07 Å². The fraction of sp³-hybridized carbons (Fsp3) is 0.455. The number of rotatable bonds is 6. The highest BCUT2D eigenvalue weighted by Crippen LogP contribution is 2.11. The molecule has 1 rings (SSSR count). The van der Waals surface area contributed by atoms with Crippen LogP contribution in [0.1, 0.15) is 36.7 Å². The molecular weight excluding hydrogens is 190 g/mol. The Morgan fingerprint density at radius 2 is 2.33 bits per heavy atom. The van der Waals surface area contributed by atoms with E-state index in [2.05, 4.69) is 17.2 Å². The summed E-state index contributed by atoms with van der Waals surface area (Å²) in [6.45, 7) is 3.00. The zero-order valence-electron chi connectivity index (χ0n) is 8.99. The van der Waals surface area contributed by atoms with E-state index in [0.717, 1.165) is 18.7 Å². The lowest BCUT2D eigenvalue weighted by molar-refractivity contribution is 0.0996. The number of pyridine rings is 1. The number of anilines is 1. The minimum Gasteiger partial charge on any atom is -0.383 e. The first-order chi connectivity index (χ1) is 7.25. The summed E-state index contributed by atoms with van der Waals surface area (Å²) >= 11 is 0. The molecule has 1 aromatic rings. The van der Waals surface area contributed by atoms with Crippen molar-refractivity contribution in [2.45, 2.75) is 26.2 Å². The fourth-order valence-electron chi connectivity index (χ4n) is 1.34. The molecule has 82 valence electrons. The number of primary amides is 1. The van der Waals surface area contributed by atoms with E-state index in [-0.39, 0.29) is 0 Å². The summed E-state index contributed by atoms with van der Waals surface area (Å²) in [6, 6.07) is 3.60. The van der Waals surface area contributed by atoms with Crippen LogP contribution in [-0.4, -0.2) is 17.4 Å². The summed E-state index contributed by atoms with van der Waals surface area (Å²) in [5, 5.41) is 3.17. The van der Waals surface area contributed by atoms with Crippen molar-refractivity contribution in [1.29, 1.82) is 0 Å². The summed E-state index contributed by atoms with van der Waals surface area (Å²) in [4.78, 5) is 15.0. The van der Waals surface area contributed by atoms with Crippen LogP contribution in [-0.2, 0) is 0 Å². The van der Waals surface area contributed by atoms with Crippen LogP contribution in [0.4, 0.5) is 5.69 Å². The molecule has 0 saturated heterocycles. The van der Waals surface area contributed by atoms with Crippen LogP contribution in [0.15, 0.2) is 18.3 Å². The van der Waals surface area contributed by atoms with Gasteiger partial charge in [-0.1, -0.05) is 19.8 Å². The highest BCUT2D eigenvalue weighted by molar-refractivity contribution is 5.96. The van der Waals surface area contributed by atoms with Crippen molar-refractivity contribution in [3.8, 4) is 0 Å². The Labute approximate surface area is 89.9 Å². The third-order valence-electron chi connectivity index (χ3n) is 2.14. The largest absolute Gasteiger partial charge is 0.383 e. The quantitative estimate of drug-likeness (QED) is 0.699. The summed E-state index contributed by atoms with van der Waals surface area (Å²) in [5.74, 6) is -0.492. The van der Waals surface area contributed by atoms with Crippen LogP contribution in [0.5, 0.6) is 0 Å². The van der Waals surface area contributed by atoms with Gasteiger partial charge in [-0.25, -0.2) is 4.98 Å². The molecule has 0 aromatic carbocycles. The highest BCUT2D eigenvalue weighted by atomic mass is 16.1. The zero-order chi connectivity index (χ0) is 11.1. The Kier molecular flexibility index (Phi) is 4.60. The number of unbranched alkanes of at least 4 members (excludes halogenated alkanes) is 2. The van der Waals surface area contributed by atoms with Gasteiger partial charge in [0.1, 0.15) is 0 Å². The highest BCUT2D eigenvalue weighted by Gasteiger charge is 2.07. The molecule has 15 heavy (non-hydrogen) atoms. The van der Waals surface area contributed by atoms with Crippen LogP contribution in [0, 0.1) is 0 Å². The summed E-state index contributed by atoms with van der Waals surface area (Å²) in [7, 11) is 0. The molecule has 1 aromatic heterocycles. The predicted molar refractivity (Wildman–Crippen MR) is 60.8 cm³/mol. The van der Waals surface area contributed by atoms with Crippen LogP contribution in [0.25, 0.3) is 0 Å². The summed E-state index contributed by atoms with van der Waals surface area (Å²) < 4.78 is 0. The van der Waals surface area contributed by atoms with Crippen LogP contribution in [0.3, 0.4) is 0 Å². The number of hydrogen-bond acceptors (Lipinski definition) is 3. The Morgan fingerprint density at radius 3 is 3.00 bits per heavy atom. The Balaban J connectivity index is 2.56. The molecule has 0 spiro atoms. The standard InChI is InChI=1S/C11H17N3O/c1-2-3-4-7-13-9-6-5-8-14-10(9)11(12)15/h5-6,8,13H,2-4,7H2,1H3,(H2,12,15). The first kappa shape index (κ1) is 11.5. The fourth-order valence-corrected chi connectivity index (χ4v) is 1.34. The average molecular weight is 207 g/mol. The molecule has 0 fully saturated rings. The molecule has 0 bridgehead atoms. The first-order valence-electron chi connectivity index (χ1n) is 5.24. The molecule has 4 nitrogen and oxygen atoms in total. The van der Waals surface area contributed by atoms with E-state index >= 15 is 0 Å². The van der Waals surface area contributed by atoms with Gasteiger partial charge in [-0.2, -0.15) is 0 Å². The molecule has 0 atom stereocenters. The summed E-state index contributed by atoms with van der Waals surface area (Å²) in [6.07, 6.45) is 5.01. The minimum atomic E-state index is -0.492. The van der Waals surface area contributed by atoms with Crippen molar-refractivity contribution >= 4 is 11.6 Å². The lowest BCUT2D eigenvalue weighted by atomic mass is 10.2. The topological polar surface area (TPSA) is 68.0 Å². The minimum absolute atomic E-state index is 0.314. The molecule has 0 saturated carbocycles. The number of nitrogens with one attached hydrogen (secondary N) is 1. The maximum Gasteiger partial charge on any atom is 0.269 e. The zero-order valence-corrected chi connectivity index (χ0v) is 8.99. The van der Waals surface area contributed by atoms with E-state index in [4.69, 9.17) is 5.73 Å². The number of hydrogen-bond donors (Lipinski definition) is 2. The van der Waals surface area contributed by atoms with E-state index in [1.54, 1.807) is 12.3 Å². The Morgan fingerprint density at radius 1 is 1.53 bits per heavy atom. The van der Waals surface area contributed by atoms with E-state index in [9.17, 15) is 4.79 Å². The Hall–Kier alpha value is -1.58. The number of nitrogens with two attached hydrogens (primary N) is 1. The van der Waals surface area contributed by atoms with Crippen molar-refractivity contribution in [1.82, 2.24) is 4.98 Å². The lowest BCUT2D eigenvalue weighted by Gasteiger charge is -2.08. The lowest BCUT2D eigenvalue weighted by Crippen LogP contribution is -2.16. The number of nitrogens with zero attached hydrogens (tertiary/aromatic N) is 1. The van der Waals surface area contributed by atoms with Gasteiger partial charge in [0.15, 0.2) is 5.69 Å². The molecule has 0 aliphatic rings. The van der Waals surface area contributed by atoms with Crippen molar-refractivity contribution in [2.24, 2.45) is 5.73 Å². The van der Waals surface area contributed by atoms with Gasteiger partial charge in [-0.05, 0) is 18.6 Å². The van der Waals surface area contributed by atoms with Crippen LogP contribution in [0.2, 0.25) is 0 Å². The molecule has 3 N–H and O–H groups in total. The SMILES string of the molecule is CCCCCNc1cccnc1C(N)=O. The molecule has 1 amide bonds. The number of amides is 1. The maximum atomic E-state index is 11.0. The third kappa shape index (κ3) is 3.58. The van der Waals surface area contributed by atoms with Gasteiger partial charge in [0.25, 0.3) is 5.91 Å². The molecule has 0 aliphatic heterocycles. The van der Waals surface area contributed by atoms with Gasteiger partial charge in [-0.15, -0.1) is 0 Å². The summed E-state index contributed by atoms with van der Waals surface area (Å²) in [5.41, 5.74) is 6.24. The van der Waals surface area contributed by atoms with Crippen molar-refractivity contribution in [3.05, 3.63) is 24.0 Å². The second kappa shape index (κ2) is 6.01. The third-order valence-corrected chi connectivity index (χ3v) is 2.14. The monoisotopic (exact) mass is 207 g/mol. The number of carbonyl (C=O) groups is 1. The van der Waals surface area contributed by atoms with E-state index in [1.165, 1.54) is 12.8 Å². The van der Waals surface area contributed by atoms with Crippen molar-refractivity contribution in [2.75, 3.05) is 11.9 Å². The predicted octanol–water partition coefficient (Wildman–Crippen LogP) is 1.78. The molecule has 0 aliphatic carbocycles. The maximum absolute atomic E-state index is 11.0. The van der Waals surface area contributed by atoms with Crippen molar-refractivity contribution in [3.63, 3.8) is 0 Å². The number of aromatic nitrogens is 1. The first-order valence-corrected chi connectivity index (χ1v) is 5.24. The van der Waals surface area contributed by atoms with Crippen LogP contribution < -0.4 is 11.1 Å². The van der Waals surface area contributed by atoms with Gasteiger partial charge in [-0.3, -0.25) is 4.79 Å².